The SMILES string of the molecule is [Na+].[O-]c1ccc2c(c1)Oc1cc(O)ccc1N2. The van der Waals surface area contributed by atoms with Gasteiger partial charge in [0.2, 0.25) is 0 Å². The molecule has 5 heteroatoms. The van der Waals surface area contributed by atoms with Gasteiger partial charge in [-0.3, -0.25) is 0 Å². The van der Waals surface area contributed by atoms with Crippen LogP contribution in [-0.4, -0.2) is 5.11 Å². The Bertz CT molecular complexity index is 522. The first-order chi connectivity index (χ1) is 7.72. The molecule has 0 amide bonds. The van der Waals surface area contributed by atoms with Crippen molar-refractivity contribution in [2.24, 2.45) is 0 Å². The maximum absolute atomic E-state index is 11.2. The predicted octanol–water partition coefficient (Wildman–Crippen LogP) is -0.681. The Kier molecular flexibility index (Phi) is 3.19. The molecule has 2 aromatic carbocycles. The molecule has 0 aromatic heterocycles. The van der Waals surface area contributed by atoms with Crippen molar-refractivity contribution < 1.29 is 44.5 Å². The molecule has 0 atom stereocenters. The number of aromatic hydroxyl groups is 1. The van der Waals surface area contributed by atoms with Gasteiger partial charge in [-0.15, -0.1) is 5.75 Å². The van der Waals surface area contributed by atoms with Crippen molar-refractivity contribution in [2.75, 3.05) is 5.32 Å². The fraction of sp³-hybridized carbons (Fsp3) is 0. The van der Waals surface area contributed by atoms with Crippen LogP contribution in [0.1, 0.15) is 0 Å². The summed E-state index contributed by atoms with van der Waals surface area (Å²) in [5, 5.41) is 23.6. The van der Waals surface area contributed by atoms with Crippen LogP contribution in [0.3, 0.4) is 0 Å². The minimum atomic E-state index is -0.107. The van der Waals surface area contributed by atoms with E-state index in [0.717, 1.165) is 11.4 Å². The average molecular weight is 237 g/mol. The van der Waals surface area contributed by atoms with Crippen LogP contribution < -0.4 is 44.7 Å². The Morgan fingerprint density at radius 2 is 1.65 bits per heavy atom. The van der Waals surface area contributed by atoms with E-state index < -0.39 is 0 Å². The molecule has 0 saturated carbocycles. The van der Waals surface area contributed by atoms with E-state index in [-0.39, 0.29) is 41.1 Å². The summed E-state index contributed by atoms with van der Waals surface area (Å²) >= 11 is 0. The zero-order chi connectivity index (χ0) is 11.1. The molecule has 2 N–H and O–H groups in total. The average Bonchev–Trinajstić information content (AvgIpc) is 2.26. The van der Waals surface area contributed by atoms with Crippen LogP contribution in [0, 0.1) is 0 Å². The summed E-state index contributed by atoms with van der Waals surface area (Å²) in [5.74, 6) is 1.01. The molecule has 0 saturated heterocycles. The number of hydrogen-bond donors (Lipinski definition) is 2. The fourth-order valence-electron chi connectivity index (χ4n) is 1.65. The van der Waals surface area contributed by atoms with Gasteiger partial charge in [0, 0.05) is 6.07 Å². The van der Waals surface area contributed by atoms with Crippen molar-refractivity contribution in [2.45, 2.75) is 0 Å². The first-order valence-electron chi connectivity index (χ1n) is 4.81. The van der Waals surface area contributed by atoms with Gasteiger partial charge >= 0.3 is 29.6 Å². The number of hydrogen-bond acceptors (Lipinski definition) is 4. The van der Waals surface area contributed by atoms with E-state index in [1.54, 1.807) is 18.2 Å². The molecule has 0 fully saturated rings. The molecule has 1 aliphatic heterocycles. The maximum Gasteiger partial charge on any atom is 1.00 e. The van der Waals surface area contributed by atoms with Crippen molar-refractivity contribution in [3.8, 4) is 23.0 Å². The number of nitrogens with one attached hydrogen (secondary N) is 1. The van der Waals surface area contributed by atoms with Gasteiger partial charge in [-0.1, -0.05) is 6.07 Å². The first-order valence-corrected chi connectivity index (χ1v) is 4.81. The van der Waals surface area contributed by atoms with Crippen LogP contribution in [0.15, 0.2) is 36.4 Å². The van der Waals surface area contributed by atoms with E-state index in [1.165, 1.54) is 18.2 Å². The number of phenols is 1. The quantitative estimate of drug-likeness (QED) is 0.401. The van der Waals surface area contributed by atoms with E-state index in [0.29, 0.717) is 11.5 Å². The van der Waals surface area contributed by atoms with Crippen molar-refractivity contribution >= 4 is 11.4 Å². The molecular weight excluding hydrogens is 229 g/mol. The van der Waals surface area contributed by atoms with Gasteiger partial charge in [0.15, 0.2) is 5.75 Å². The summed E-state index contributed by atoms with van der Waals surface area (Å²) in [6, 6.07) is 9.35. The third kappa shape index (κ3) is 2.20. The topological polar surface area (TPSA) is 64.5 Å². The summed E-state index contributed by atoms with van der Waals surface area (Å²) in [6.45, 7) is 0. The van der Waals surface area contributed by atoms with Crippen molar-refractivity contribution in [1.29, 1.82) is 0 Å². The third-order valence-corrected chi connectivity index (χ3v) is 2.41. The molecule has 80 valence electrons. The van der Waals surface area contributed by atoms with Gasteiger partial charge in [-0.05, 0) is 24.3 Å². The van der Waals surface area contributed by atoms with E-state index in [9.17, 15) is 10.2 Å². The molecule has 17 heavy (non-hydrogen) atoms. The van der Waals surface area contributed by atoms with Crippen LogP contribution in [0.5, 0.6) is 23.0 Å². The second-order valence-electron chi connectivity index (χ2n) is 3.57. The molecule has 0 bridgehead atoms. The second kappa shape index (κ2) is 4.49. The van der Waals surface area contributed by atoms with Crippen LogP contribution >= 0.6 is 0 Å². The fourth-order valence-corrected chi connectivity index (χ4v) is 1.65. The molecule has 0 spiro atoms. The number of anilines is 2. The Hall–Kier alpha value is -1.36. The van der Waals surface area contributed by atoms with Crippen molar-refractivity contribution in [1.82, 2.24) is 0 Å². The van der Waals surface area contributed by atoms with Gasteiger partial charge < -0.3 is 20.3 Å². The molecule has 0 unspecified atom stereocenters. The van der Waals surface area contributed by atoms with Crippen LogP contribution in [0.2, 0.25) is 0 Å². The van der Waals surface area contributed by atoms with E-state index >= 15 is 0 Å². The number of fused-ring (bicyclic) bond motifs is 2. The molecule has 3 rings (SSSR count). The van der Waals surface area contributed by atoms with Crippen molar-refractivity contribution in [3.63, 3.8) is 0 Å². The van der Waals surface area contributed by atoms with Crippen LogP contribution in [0.25, 0.3) is 0 Å². The van der Waals surface area contributed by atoms with E-state index in [1.807, 2.05) is 0 Å². The number of benzene rings is 2. The summed E-state index contributed by atoms with van der Waals surface area (Å²) in [6.07, 6.45) is 0. The second-order valence-corrected chi connectivity index (χ2v) is 3.57. The summed E-state index contributed by atoms with van der Waals surface area (Å²) in [5.41, 5.74) is 1.52. The monoisotopic (exact) mass is 237 g/mol. The van der Waals surface area contributed by atoms with E-state index in [2.05, 4.69) is 5.32 Å². The zero-order valence-corrected chi connectivity index (χ0v) is 11.2. The number of rotatable bonds is 0. The molecule has 1 heterocycles. The number of phenolic OH excluding ortho intramolecular Hbond substituents is 1. The van der Waals surface area contributed by atoms with E-state index in [4.69, 9.17) is 4.74 Å². The maximum atomic E-state index is 11.2. The normalized spacial score (nSPS) is 11.3. The summed E-state index contributed by atoms with van der Waals surface area (Å²) in [4.78, 5) is 0. The molecule has 0 aliphatic carbocycles. The van der Waals surface area contributed by atoms with Gasteiger partial charge in [-0.25, -0.2) is 0 Å². The van der Waals surface area contributed by atoms with Gasteiger partial charge in [0.1, 0.15) is 11.5 Å². The van der Waals surface area contributed by atoms with Crippen molar-refractivity contribution in [3.05, 3.63) is 36.4 Å². The Balaban J connectivity index is 0.00000108. The summed E-state index contributed by atoms with van der Waals surface area (Å²) in [7, 11) is 0. The van der Waals surface area contributed by atoms with Crippen LogP contribution in [0.4, 0.5) is 11.4 Å². The summed E-state index contributed by atoms with van der Waals surface area (Å²) < 4.78 is 5.52. The molecule has 2 aromatic rings. The van der Waals surface area contributed by atoms with Gasteiger partial charge in [0.05, 0.1) is 11.4 Å². The first kappa shape index (κ1) is 12.1. The molecular formula is C12H8NNaO3. The Morgan fingerprint density at radius 1 is 1.00 bits per heavy atom. The zero-order valence-electron chi connectivity index (χ0n) is 9.23. The number of ether oxygens (including phenoxy) is 1. The van der Waals surface area contributed by atoms with Crippen LogP contribution in [-0.2, 0) is 0 Å². The van der Waals surface area contributed by atoms with Gasteiger partial charge in [-0.2, -0.15) is 0 Å². The molecule has 0 radical (unpaired) electrons. The molecule has 1 aliphatic rings. The third-order valence-electron chi connectivity index (χ3n) is 2.41. The standard InChI is InChI=1S/C12H9NO3.Na/c14-7-1-3-9-11(5-7)16-12-6-8(15)2-4-10(12)13-9;/h1-6,13-15H;/q;+1/p-1. The predicted molar refractivity (Wildman–Crippen MR) is 57.4 cm³/mol. The largest absolute Gasteiger partial charge is 1.00 e. The Labute approximate surface area is 120 Å². The minimum absolute atomic E-state index is 0. The molecule has 4 nitrogen and oxygen atoms in total. The smallest absolute Gasteiger partial charge is 0.872 e. The minimum Gasteiger partial charge on any atom is -0.872 e. The Morgan fingerprint density at radius 3 is 2.41 bits per heavy atom. The van der Waals surface area contributed by atoms with Gasteiger partial charge in [0.25, 0.3) is 0 Å².